The van der Waals surface area contributed by atoms with Crippen LogP contribution in [0.4, 0.5) is 31.1 Å². The molecule has 6 rings (SSSR count). The number of likely N-dealkylation sites (tertiary alicyclic amines) is 2. The number of carbonyl (C=O) groups excluding carboxylic acids is 1. The summed E-state index contributed by atoms with van der Waals surface area (Å²) in [5.41, 5.74) is 0.0110. The molecule has 2 saturated carbocycles. The van der Waals surface area contributed by atoms with Crippen LogP contribution in [-0.4, -0.2) is 66.1 Å². The number of aromatic nitrogens is 5. The van der Waals surface area contributed by atoms with Gasteiger partial charge in [0, 0.05) is 43.4 Å². The maximum atomic E-state index is 12.8. The average Bonchev–Trinajstić information content (AvgIpc) is 3.29. The van der Waals surface area contributed by atoms with Crippen molar-refractivity contribution in [3.05, 3.63) is 23.0 Å². The molecule has 8 nitrogen and oxygen atoms in total. The van der Waals surface area contributed by atoms with Gasteiger partial charge in [0.1, 0.15) is 11.3 Å². The minimum Gasteiger partial charge on any atom is -0.323 e. The zero-order chi connectivity index (χ0) is 24.8. The fraction of sp³-hybridized carbons (Fsp3) is 0.750. The summed E-state index contributed by atoms with van der Waals surface area (Å²) in [6.07, 6.45) is -4.41. The average molecular weight is 521 g/mol. The highest BCUT2D eigenvalue weighted by atomic mass is 32.1. The normalized spacial score (nSPS) is 23.7. The Morgan fingerprint density at radius 3 is 2.03 bits per heavy atom. The number of rotatable bonds is 3. The van der Waals surface area contributed by atoms with Gasteiger partial charge < -0.3 is 9.80 Å². The first-order valence-corrected chi connectivity index (χ1v) is 12.0. The fourth-order valence-electron chi connectivity index (χ4n) is 6.23. The zero-order valence-electron chi connectivity index (χ0n) is 18.3. The van der Waals surface area contributed by atoms with Gasteiger partial charge in [0.15, 0.2) is 0 Å². The Morgan fingerprint density at radius 2 is 1.51 bits per heavy atom. The van der Waals surface area contributed by atoms with Crippen LogP contribution in [0.25, 0.3) is 0 Å². The van der Waals surface area contributed by atoms with Crippen LogP contribution in [0.5, 0.6) is 0 Å². The molecule has 4 aliphatic rings. The Balaban J connectivity index is 0.926. The fourth-order valence-corrected chi connectivity index (χ4v) is 7.00. The number of urea groups is 1. The van der Waals surface area contributed by atoms with Gasteiger partial charge in [-0.3, -0.25) is 0 Å². The molecule has 0 unspecified atom stereocenters. The van der Waals surface area contributed by atoms with E-state index >= 15 is 0 Å². The van der Waals surface area contributed by atoms with Gasteiger partial charge in [0.2, 0.25) is 5.82 Å². The third-order valence-electron chi connectivity index (χ3n) is 7.75. The van der Waals surface area contributed by atoms with Crippen molar-refractivity contribution in [2.75, 3.05) is 26.2 Å². The maximum Gasteiger partial charge on any atom is 0.453 e. The van der Waals surface area contributed by atoms with Gasteiger partial charge in [-0.2, -0.15) is 30.7 Å². The molecule has 2 aromatic rings. The number of carbonyl (C=O) groups is 1. The molecule has 2 amide bonds. The lowest BCUT2D eigenvalue weighted by Crippen LogP contribution is -2.71. The first kappa shape index (κ1) is 23.0. The van der Waals surface area contributed by atoms with Gasteiger partial charge in [0.25, 0.3) is 5.82 Å². The van der Waals surface area contributed by atoms with Crippen LogP contribution in [0, 0.1) is 16.7 Å². The SMILES string of the molecule is O=C(N1CC2(CC(Cc3nc(C(F)(F)F)ns3)C2)C1)N1CC2(CC(n3cnc(C(F)(F)F)n3)C2)C1. The summed E-state index contributed by atoms with van der Waals surface area (Å²) in [6, 6.07) is -0.150. The zero-order valence-corrected chi connectivity index (χ0v) is 19.1. The minimum atomic E-state index is -4.56. The third-order valence-corrected chi connectivity index (χ3v) is 8.48. The number of hydrogen-bond acceptors (Lipinski definition) is 6. The second kappa shape index (κ2) is 7.29. The van der Waals surface area contributed by atoms with E-state index in [2.05, 4.69) is 19.4 Å². The molecule has 2 aliphatic heterocycles. The molecule has 2 aliphatic carbocycles. The Kier molecular flexibility index (Phi) is 4.79. The van der Waals surface area contributed by atoms with E-state index in [1.165, 1.54) is 4.68 Å². The summed E-state index contributed by atoms with van der Waals surface area (Å²) in [5, 5.41) is 3.94. The van der Waals surface area contributed by atoms with Crippen molar-refractivity contribution < 1.29 is 31.1 Å². The quantitative estimate of drug-likeness (QED) is 0.573. The van der Waals surface area contributed by atoms with E-state index in [0.717, 1.165) is 30.7 Å². The number of amides is 2. The van der Waals surface area contributed by atoms with Crippen molar-refractivity contribution in [2.45, 2.75) is 50.5 Å². The van der Waals surface area contributed by atoms with Gasteiger partial charge in [-0.15, -0.1) is 5.10 Å². The molecule has 0 aromatic carbocycles. The molecule has 2 aromatic heterocycles. The highest BCUT2D eigenvalue weighted by molar-refractivity contribution is 7.05. The monoisotopic (exact) mass is 521 g/mol. The van der Waals surface area contributed by atoms with E-state index in [1.807, 2.05) is 0 Å². The van der Waals surface area contributed by atoms with Gasteiger partial charge >= 0.3 is 18.4 Å². The van der Waals surface area contributed by atoms with E-state index in [0.29, 0.717) is 50.4 Å². The summed E-state index contributed by atoms with van der Waals surface area (Å²) in [4.78, 5) is 23.3. The lowest BCUT2D eigenvalue weighted by atomic mass is 9.57. The molecule has 0 N–H and O–H groups in total. The smallest absolute Gasteiger partial charge is 0.323 e. The van der Waals surface area contributed by atoms with Crippen LogP contribution in [0.1, 0.15) is 48.4 Å². The lowest BCUT2D eigenvalue weighted by Gasteiger charge is -2.63. The Labute approximate surface area is 199 Å². The molecule has 15 heteroatoms. The summed E-state index contributed by atoms with van der Waals surface area (Å²) >= 11 is 0.797. The summed E-state index contributed by atoms with van der Waals surface area (Å²) < 4.78 is 80.7. The Morgan fingerprint density at radius 1 is 0.943 bits per heavy atom. The molecular formula is C20H21F6N7OS. The van der Waals surface area contributed by atoms with Crippen LogP contribution in [-0.2, 0) is 18.8 Å². The second-order valence-corrected chi connectivity index (χ2v) is 11.4. The van der Waals surface area contributed by atoms with Gasteiger partial charge in [-0.1, -0.05) is 0 Å². The first-order chi connectivity index (χ1) is 16.3. The summed E-state index contributed by atoms with van der Waals surface area (Å²) in [7, 11) is 0. The molecule has 0 radical (unpaired) electrons. The first-order valence-electron chi connectivity index (χ1n) is 11.3. The van der Waals surface area contributed by atoms with E-state index in [1.54, 1.807) is 9.80 Å². The van der Waals surface area contributed by atoms with Crippen LogP contribution >= 0.6 is 11.5 Å². The van der Waals surface area contributed by atoms with E-state index in [-0.39, 0.29) is 28.8 Å². The van der Waals surface area contributed by atoms with Crippen LogP contribution < -0.4 is 0 Å². The van der Waals surface area contributed by atoms with Crippen molar-refractivity contribution in [3.63, 3.8) is 0 Å². The maximum absolute atomic E-state index is 12.8. The summed E-state index contributed by atoms with van der Waals surface area (Å²) in [6.45, 7) is 2.48. The van der Waals surface area contributed by atoms with Crippen molar-refractivity contribution in [1.29, 1.82) is 0 Å². The molecule has 2 spiro atoms. The number of hydrogen-bond donors (Lipinski definition) is 0. The highest BCUT2D eigenvalue weighted by Crippen LogP contribution is 2.56. The summed E-state index contributed by atoms with van der Waals surface area (Å²) in [5.74, 6) is -1.96. The van der Waals surface area contributed by atoms with Crippen molar-refractivity contribution in [1.82, 2.24) is 33.9 Å². The Hall–Kier alpha value is -2.45. The van der Waals surface area contributed by atoms with Crippen LogP contribution in [0.2, 0.25) is 0 Å². The Bertz CT molecular complexity index is 1130. The predicted molar refractivity (Wildman–Crippen MR) is 108 cm³/mol. The second-order valence-electron chi connectivity index (χ2n) is 10.6. The molecule has 4 fully saturated rings. The van der Waals surface area contributed by atoms with Crippen molar-refractivity contribution >= 4 is 17.6 Å². The topological polar surface area (TPSA) is 80.0 Å². The predicted octanol–water partition coefficient (Wildman–Crippen LogP) is 3.88. The molecule has 0 bridgehead atoms. The van der Waals surface area contributed by atoms with Crippen molar-refractivity contribution in [3.8, 4) is 0 Å². The van der Waals surface area contributed by atoms with Gasteiger partial charge in [0.05, 0.1) is 6.04 Å². The van der Waals surface area contributed by atoms with Crippen molar-refractivity contribution in [2.24, 2.45) is 16.7 Å². The molecular weight excluding hydrogens is 500 g/mol. The van der Waals surface area contributed by atoms with Gasteiger partial charge in [-0.25, -0.2) is 19.4 Å². The number of halogens is 6. The molecule has 4 heterocycles. The lowest BCUT2D eigenvalue weighted by molar-refractivity contribution is -0.146. The van der Waals surface area contributed by atoms with E-state index in [9.17, 15) is 31.1 Å². The third kappa shape index (κ3) is 3.95. The molecule has 0 atom stereocenters. The molecule has 2 saturated heterocycles. The van der Waals surface area contributed by atoms with E-state index < -0.39 is 24.0 Å². The largest absolute Gasteiger partial charge is 0.453 e. The molecule has 35 heavy (non-hydrogen) atoms. The molecule has 190 valence electrons. The minimum absolute atomic E-state index is 0.0211. The standard InChI is InChI=1S/C20H21F6N7OS/c21-19(22,23)14-27-10-33(29-14)12-4-18(5-12)8-32(9-18)16(34)31-6-17(7-31)2-11(3-17)1-13-28-15(30-35-13)20(24,25)26/h10-12H,1-9H2. The highest BCUT2D eigenvalue weighted by Gasteiger charge is 2.58. The number of nitrogens with zero attached hydrogens (tertiary/aromatic N) is 7. The number of alkyl halides is 6. The van der Waals surface area contributed by atoms with Crippen LogP contribution in [0.15, 0.2) is 6.33 Å². The van der Waals surface area contributed by atoms with Crippen LogP contribution in [0.3, 0.4) is 0 Å². The van der Waals surface area contributed by atoms with E-state index in [4.69, 9.17) is 0 Å². The van der Waals surface area contributed by atoms with Gasteiger partial charge in [-0.05, 0) is 43.1 Å².